The smallest absolute Gasteiger partial charge is 0.303 e. The number of hydrogen-bond acceptors (Lipinski definition) is 4. The lowest BCUT2D eigenvalue weighted by molar-refractivity contribution is 0.193. The lowest BCUT2D eigenvalue weighted by atomic mass is 10.0. The minimum absolute atomic E-state index is 0.150. The lowest BCUT2D eigenvalue weighted by Gasteiger charge is -2.05. The first-order valence-electron chi connectivity index (χ1n) is 9.80. The second kappa shape index (κ2) is 18.3. The summed E-state index contributed by atoms with van der Waals surface area (Å²) in [6, 6.07) is 0. The van der Waals surface area contributed by atoms with Gasteiger partial charge in [0, 0.05) is 0 Å². The molecule has 25 heavy (non-hydrogen) atoms. The van der Waals surface area contributed by atoms with Gasteiger partial charge in [-0.3, -0.25) is 4.52 Å². The molecule has 0 atom stereocenters. The number of isocyanates is 1. The molecular weight excluding hydrogens is 341 g/mol. The standard InChI is InChI=1S/C18H36NO5P/c20-18-19-16-14-12-10-8-6-4-2-1-3-5-7-9-11-13-15-17-24-25(21,22)23/h1-17H2,(H2,21,22,23). The van der Waals surface area contributed by atoms with Gasteiger partial charge >= 0.3 is 7.82 Å². The van der Waals surface area contributed by atoms with Crippen molar-refractivity contribution in [2.24, 2.45) is 4.99 Å². The van der Waals surface area contributed by atoms with Gasteiger partial charge in [-0.25, -0.2) is 14.4 Å². The van der Waals surface area contributed by atoms with Crippen molar-refractivity contribution in [1.29, 1.82) is 0 Å². The van der Waals surface area contributed by atoms with Crippen molar-refractivity contribution in [1.82, 2.24) is 0 Å². The molecule has 6 nitrogen and oxygen atoms in total. The van der Waals surface area contributed by atoms with Gasteiger partial charge in [-0.15, -0.1) is 0 Å². The Morgan fingerprint density at radius 1 is 0.680 bits per heavy atom. The lowest BCUT2D eigenvalue weighted by Crippen LogP contribution is -1.92. The van der Waals surface area contributed by atoms with Crippen molar-refractivity contribution in [3.63, 3.8) is 0 Å². The third-order valence-electron chi connectivity index (χ3n) is 4.24. The summed E-state index contributed by atoms with van der Waals surface area (Å²) in [5, 5.41) is 0. The van der Waals surface area contributed by atoms with Crippen LogP contribution in [-0.2, 0) is 13.9 Å². The third-order valence-corrected chi connectivity index (χ3v) is 4.76. The first kappa shape index (κ1) is 24.5. The average molecular weight is 377 g/mol. The number of aliphatic imine (C=N–C) groups is 1. The van der Waals surface area contributed by atoms with Crippen LogP contribution in [0.25, 0.3) is 0 Å². The Morgan fingerprint density at radius 2 is 1.04 bits per heavy atom. The molecule has 148 valence electrons. The number of nitrogens with zero attached hydrogens (tertiary/aromatic N) is 1. The third kappa shape index (κ3) is 23.5. The molecule has 0 aromatic rings. The maximum atomic E-state index is 10.5. The molecule has 0 rings (SSSR count). The number of phosphoric acid groups is 1. The fourth-order valence-corrected chi connectivity index (χ4v) is 3.19. The van der Waals surface area contributed by atoms with Gasteiger partial charge in [0.2, 0.25) is 6.08 Å². The predicted molar refractivity (Wildman–Crippen MR) is 100 cm³/mol. The van der Waals surface area contributed by atoms with Gasteiger partial charge in [-0.2, -0.15) is 0 Å². The normalized spacial score (nSPS) is 11.4. The monoisotopic (exact) mass is 377 g/mol. The number of hydrogen-bond donors (Lipinski definition) is 2. The molecule has 0 aromatic heterocycles. The molecule has 0 unspecified atom stereocenters. The van der Waals surface area contributed by atoms with Crippen LogP contribution in [0.4, 0.5) is 0 Å². The minimum atomic E-state index is -4.27. The summed E-state index contributed by atoms with van der Waals surface area (Å²) in [6.07, 6.45) is 19.4. The molecule has 0 aliphatic carbocycles. The van der Waals surface area contributed by atoms with E-state index < -0.39 is 7.82 Å². The molecular formula is C18H36NO5P. The molecule has 0 aromatic carbocycles. The van der Waals surface area contributed by atoms with Gasteiger partial charge in [0.15, 0.2) is 0 Å². The van der Waals surface area contributed by atoms with Crippen LogP contribution >= 0.6 is 7.82 Å². The zero-order chi connectivity index (χ0) is 18.6. The Morgan fingerprint density at radius 3 is 1.40 bits per heavy atom. The summed E-state index contributed by atoms with van der Waals surface area (Å²) in [5.74, 6) is 0. The highest BCUT2D eigenvalue weighted by molar-refractivity contribution is 7.46. The molecule has 0 heterocycles. The van der Waals surface area contributed by atoms with Crippen molar-refractivity contribution in [3.8, 4) is 0 Å². The summed E-state index contributed by atoms with van der Waals surface area (Å²) in [6.45, 7) is 0.779. The maximum Gasteiger partial charge on any atom is 0.469 e. The molecule has 7 heteroatoms. The fraction of sp³-hybridized carbons (Fsp3) is 0.944. The van der Waals surface area contributed by atoms with E-state index in [-0.39, 0.29) is 6.61 Å². The van der Waals surface area contributed by atoms with Crippen LogP contribution in [0.5, 0.6) is 0 Å². The van der Waals surface area contributed by atoms with Crippen LogP contribution in [0.15, 0.2) is 4.99 Å². The van der Waals surface area contributed by atoms with Crippen LogP contribution in [0, 0.1) is 0 Å². The number of unbranched alkanes of at least 4 members (excludes halogenated alkanes) is 14. The van der Waals surface area contributed by atoms with Crippen molar-refractivity contribution >= 4 is 13.9 Å². The Labute approximate surface area is 152 Å². The van der Waals surface area contributed by atoms with Crippen LogP contribution in [0.3, 0.4) is 0 Å². The second-order valence-electron chi connectivity index (χ2n) is 6.60. The highest BCUT2D eigenvalue weighted by Crippen LogP contribution is 2.35. The van der Waals surface area contributed by atoms with Gasteiger partial charge in [0.1, 0.15) is 0 Å². The molecule has 0 saturated heterocycles. The highest BCUT2D eigenvalue weighted by atomic mass is 31.2. The van der Waals surface area contributed by atoms with Crippen LogP contribution < -0.4 is 0 Å². The Balaban J connectivity index is 3.05. The van der Waals surface area contributed by atoms with Gasteiger partial charge in [-0.05, 0) is 12.8 Å². The molecule has 0 fully saturated rings. The van der Waals surface area contributed by atoms with E-state index in [1.165, 1.54) is 64.2 Å². The van der Waals surface area contributed by atoms with E-state index in [0.717, 1.165) is 32.1 Å². The zero-order valence-corrected chi connectivity index (χ0v) is 16.4. The Kier molecular flexibility index (Phi) is 17.9. The Bertz CT molecular complexity index is 380. The molecule has 2 N–H and O–H groups in total. The van der Waals surface area contributed by atoms with Gasteiger partial charge in [-0.1, -0.05) is 83.5 Å². The first-order valence-corrected chi connectivity index (χ1v) is 11.3. The van der Waals surface area contributed by atoms with Gasteiger partial charge in [0.05, 0.1) is 13.2 Å². The number of rotatable bonds is 19. The topological polar surface area (TPSA) is 96.2 Å². The summed E-state index contributed by atoms with van der Waals surface area (Å²) in [4.78, 5) is 30.5. The molecule has 0 aliphatic rings. The molecule has 0 spiro atoms. The summed E-state index contributed by atoms with van der Waals surface area (Å²) in [7, 11) is -4.27. The summed E-state index contributed by atoms with van der Waals surface area (Å²) < 4.78 is 14.9. The van der Waals surface area contributed by atoms with E-state index in [9.17, 15) is 9.36 Å². The van der Waals surface area contributed by atoms with Crippen LogP contribution in [-0.4, -0.2) is 29.0 Å². The Hall–Kier alpha value is -0.510. The molecule has 0 radical (unpaired) electrons. The minimum Gasteiger partial charge on any atom is -0.303 e. The number of carbonyl (C=O) groups excluding carboxylic acids is 1. The highest BCUT2D eigenvalue weighted by Gasteiger charge is 2.12. The fourth-order valence-electron chi connectivity index (χ4n) is 2.82. The van der Waals surface area contributed by atoms with Crippen molar-refractivity contribution in [3.05, 3.63) is 0 Å². The van der Waals surface area contributed by atoms with Crippen LogP contribution in [0.2, 0.25) is 0 Å². The van der Waals surface area contributed by atoms with Crippen molar-refractivity contribution in [2.45, 2.75) is 96.3 Å². The molecule has 0 amide bonds. The second-order valence-corrected chi connectivity index (χ2v) is 7.84. The van der Waals surface area contributed by atoms with Crippen LogP contribution in [0.1, 0.15) is 96.3 Å². The predicted octanol–water partition coefficient (Wildman–Crippen LogP) is 5.28. The maximum absolute atomic E-state index is 10.5. The number of phosphoric ester groups is 1. The molecule has 0 bridgehead atoms. The van der Waals surface area contributed by atoms with E-state index in [2.05, 4.69) is 9.52 Å². The van der Waals surface area contributed by atoms with Crippen molar-refractivity contribution in [2.75, 3.05) is 13.2 Å². The largest absolute Gasteiger partial charge is 0.469 e. The van der Waals surface area contributed by atoms with E-state index in [4.69, 9.17) is 9.79 Å². The van der Waals surface area contributed by atoms with E-state index in [0.29, 0.717) is 6.54 Å². The molecule has 0 saturated carbocycles. The summed E-state index contributed by atoms with van der Waals surface area (Å²) >= 11 is 0. The quantitative estimate of drug-likeness (QED) is 0.138. The van der Waals surface area contributed by atoms with E-state index in [1.54, 1.807) is 6.08 Å². The molecule has 0 aliphatic heterocycles. The zero-order valence-electron chi connectivity index (χ0n) is 15.5. The first-order chi connectivity index (χ1) is 12.1. The van der Waals surface area contributed by atoms with Gasteiger partial charge < -0.3 is 9.79 Å². The van der Waals surface area contributed by atoms with E-state index in [1.807, 2.05) is 0 Å². The average Bonchev–Trinajstić information content (AvgIpc) is 2.56. The van der Waals surface area contributed by atoms with Gasteiger partial charge in [0.25, 0.3) is 0 Å². The van der Waals surface area contributed by atoms with E-state index >= 15 is 0 Å². The SMILES string of the molecule is O=C=NCCCCCCCCCCCCCCCCCOP(=O)(O)O. The summed E-state index contributed by atoms with van der Waals surface area (Å²) in [5.41, 5.74) is 0. The van der Waals surface area contributed by atoms with Crippen molar-refractivity contribution < 1.29 is 23.7 Å².